The maximum atomic E-state index is 12.2. The fourth-order valence-electron chi connectivity index (χ4n) is 2.39. The molecule has 0 radical (unpaired) electrons. The molecular formula is C18H23Cl2N3O2. The molecule has 25 heavy (non-hydrogen) atoms. The SMILES string of the molecule is Cc1nn(COc2ccc(Cl)cc2Cl)c(C)c1NC(=O)CC(C)(C)C. The minimum Gasteiger partial charge on any atom is -0.470 e. The van der Waals surface area contributed by atoms with Gasteiger partial charge in [0.25, 0.3) is 0 Å². The first-order valence-electron chi connectivity index (χ1n) is 7.98. The van der Waals surface area contributed by atoms with Crippen LogP contribution in [0.3, 0.4) is 0 Å². The number of carbonyl (C=O) groups excluding carboxylic acids is 1. The second kappa shape index (κ2) is 7.67. The molecule has 2 rings (SSSR count). The van der Waals surface area contributed by atoms with Gasteiger partial charge in [-0.2, -0.15) is 5.10 Å². The lowest BCUT2D eigenvalue weighted by molar-refractivity contribution is -0.117. The topological polar surface area (TPSA) is 56.1 Å². The van der Waals surface area contributed by atoms with Crippen molar-refractivity contribution in [2.45, 2.75) is 47.8 Å². The Morgan fingerprint density at radius 2 is 1.96 bits per heavy atom. The minimum atomic E-state index is -0.0731. The van der Waals surface area contributed by atoms with Gasteiger partial charge in [-0.15, -0.1) is 0 Å². The molecule has 7 heteroatoms. The lowest BCUT2D eigenvalue weighted by Crippen LogP contribution is -2.20. The van der Waals surface area contributed by atoms with Gasteiger partial charge in [0.05, 0.1) is 22.1 Å². The van der Waals surface area contributed by atoms with E-state index in [0.29, 0.717) is 22.2 Å². The van der Waals surface area contributed by atoms with E-state index in [2.05, 4.69) is 10.4 Å². The molecule has 0 fully saturated rings. The summed E-state index contributed by atoms with van der Waals surface area (Å²) < 4.78 is 7.40. The van der Waals surface area contributed by atoms with Gasteiger partial charge in [-0.05, 0) is 37.5 Å². The van der Waals surface area contributed by atoms with Gasteiger partial charge in [0.2, 0.25) is 5.91 Å². The number of aromatic nitrogens is 2. The van der Waals surface area contributed by atoms with Crippen LogP contribution in [-0.2, 0) is 11.5 Å². The average Bonchev–Trinajstić information content (AvgIpc) is 2.72. The molecule has 0 aliphatic heterocycles. The normalized spacial score (nSPS) is 11.5. The number of anilines is 1. The molecule has 0 unspecified atom stereocenters. The predicted octanol–water partition coefficient (Wildman–Crippen LogP) is 5.22. The Morgan fingerprint density at radius 3 is 2.56 bits per heavy atom. The van der Waals surface area contributed by atoms with Crippen molar-refractivity contribution in [2.24, 2.45) is 5.41 Å². The van der Waals surface area contributed by atoms with Crippen LogP contribution in [0.4, 0.5) is 5.69 Å². The van der Waals surface area contributed by atoms with Crippen LogP contribution >= 0.6 is 23.2 Å². The molecule has 0 saturated carbocycles. The van der Waals surface area contributed by atoms with Gasteiger partial charge in [-0.25, -0.2) is 4.68 Å². The van der Waals surface area contributed by atoms with Gasteiger partial charge in [0, 0.05) is 11.4 Å². The highest BCUT2D eigenvalue weighted by atomic mass is 35.5. The summed E-state index contributed by atoms with van der Waals surface area (Å²) in [6, 6.07) is 5.04. The Hall–Kier alpha value is -1.72. The number of rotatable bonds is 5. The molecule has 136 valence electrons. The summed E-state index contributed by atoms with van der Waals surface area (Å²) in [6.45, 7) is 10.0. The molecule has 2 aromatic rings. The Kier molecular flexibility index (Phi) is 6.01. The van der Waals surface area contributed by atoms with Crippen molar-refractivity contribution in [3.8, 4) is 5.75 Å². The van der Waals surface area contributed by atoms with Crippen LogP contribution in [-0.4, -0.2) is 15.7 Å². The molecule has 0 aliphatic carbocycles. The highest BCUT2D eigenvalue weighted by molar-refractivity contribution is 6.35. The number of hydrogen-bond donors (Lipinski definition) is 1. The van der Waals surface area contributed by atoms with Crippen molar-refractivity contribution in [2.75, 3.05) is 5.32 Å². The van der Waals surface area contributed by atoms with E-state index >= 15 is 0 Å². The van der Waals surface area contributed by atoms with E-state index < -0.39 is 0 Å². The number of ether oxygens (including phenoxy) is 1. The number of hydrogen-bond acceptors (Lipinski definition) is 3. The summed E-state index contributed by atoms with van der Waals surface area (Å²) in [4.78, 5) is 12.2. The molecule has 1 aromatic heterocycles. The Bertz CT molecular complexity index is 779. The van der Waals surface area contributed by atoms with Crippen LogP contribution in [0.5, 0.6) is 5.75 Å². The van der Waals surface area contributed by atoms with E-state index in [0.717, 1.165) is 17.1 Å². The highest BCUT2D eigenvalue weighted by Crippen LogP contribution is 2.28. The Balaban J connectivity index is 2.09. The van der Waals surface area contributed by atoms with Crippen molar-refractivity contribution < 1.29 is 9.53 Å². The number of nitrogens with zero attached hydrogens (tertiary/aromatic N) is 2. The third-order valence-corrected chi connectivity index (χ3v) is 4.10. The zero-order valence-electron chi connectivity index (χ0n) is 15.1. The van der Waals surface area contributed by atoms with E-state index in [9.17, 15) is 4.79 Å². The molecule has 0 spiro atoms. The van der Waals surface area contributed by atoms with Gasteiger partial charge >= 0.3 is 0 Å². The lowest BCUT2D eigenvalue weighted by atomic mass is 9.92. The maximum absolute atomic E-state index is 12.2. The van der Waals surface area contributed by atoms with E-state index in [4.69, 9.17) is 27.9 Å². The standard InChI is InChI=1S/C18H23Cl2N3O2/c1-11-17(21-16(24)9-18(3,4)5)12(2)23(22-11)10-25-15-7-6-13(19)8-14(15)20/h6-8H,9-10H2,1-5H3,(H,21,24). The number of aryl methyl sites for hydroxylation is 1. The molecule has 1 aromatic carbocycles. The summed E-state index contributed by atoms with van der Waals surface area (Å²) in [5.74, 6) is 0.497. The average molecular weight is 384 g/mol. The summed E-state index contributed by atoms with van der Waals surface area (Å²) >= 11 is 12.0. The quantitative estimate of drug-likeness (QED) is 0.769. The smallest absolute Gasteiger partial charge is 0.224 e. The number of amides is 1. The number of nitrogens with one attached hydrogen (secondary N) is 1. The van der Waals surface area contributed by atoms with Crippen molar-refractivity contribution >= 4 is 34.8 Å². The lowest BCUT2D eigenvalue weighted by Gasteiger charge is -2.17. The highest BCUT2D eigenvalue weighted by Gasteiger charge is 2.19. The molecule has 1 heterocycles. The van der Waals surface area contributed by atoms with Crippen LogP contribution in [0.1, 0.15) is 38.6 Å². The van der Waals surface area contributed by atoms with Gasteiger partial charge in [-0.3, -0.25) is 4.79 Å². The summed E-state index contributed by atoms with van der Waals surface area (Å²) in [5, 5.41) is 8.37. The van der Waals surface area contributed by atoms with Crippen LogP contribution in [0.15, 0.2) is 18.2 Å². The summed E-state index contributed by atoms with van der Waals surface area (Å²) in [6.07, 6.45) is 0.438. The minimum absolute atomic E-state index is 0.0279. The Morgan fingerprint density at radius 1 is 1.28 bits per heavy atom. The number of halogens is 2. The number of carbonyl (C=O) groups is 1. The largest absolute Gasteiger partial charge is 0.470 e. The van der Waals surface area contributed by atoms with Crippen molar-refractivity contribution in [1.82, 2.24) is 9.78 Å². The van der Waals surface area contributed by atoms with Crippen LogP contribution in [0.25, 0.3) is 0 Å². The van der Waals surface area contributed by atoms with E-state index in [1.54, 1.807) is 22.9 Å². The maximum Gasteiger partial charge on any atom is 0.224 e. The van der Waals surface area contributed by atoms with Gasteiger partial charge in [0.15, 0.2) is 6.73 Å². The fraction of sp³-hybridized carbons (Fsp3) is 0.444. The molecule has 0 saturated heterocycles. The molecule has 0 atom stereocenters. The van der Waals surface area contributed by atoms with Crippen molar-refractivity contribution in [3.05, 3.63) is 39.6 Å². The molecule has 1 N–H and O–H groups in total. The molecule has 1 amide bonds. The van der Waals surface area contributed by atoms with Gasteiger partial charge in [0.1, 0.15) is 5.75 Å². The third kappa shape index (κ3) is 5.38. The fourth-order valence-corrected chi connectivity index (χ4v) is 2.85. The summed E-state index contributed by atoms with van der Waals surface area (Å²) in [5.41, 5.74) is 2.21. The Labute approximate surface area is 158 Å². The van der Waals surface area contributed by atoms with Gasteiger partial charge < -0.3 is 10.1 Å². The summed E-state index contributed by atoms with van der Waals surface area (Å²) in [7, 11) is 0. The zero-order chi connectivity index (χ0) is 18.8. The van der Waals surface area contributed by atoms with Crippen LogP contribution in [0, 0.1) is 19.3 Å². The molecule has 0 aliphatic rings. The second-order valence-corrected chi connectivity index (χ2v) is 8.02. The first-order valence-corrected chi connectivity index (χ1v) is 8.74. The van der Waals surface area contributed by atoms with Gasteiger partial charge in [-0.1, -0.05) is 44.0 Å². The first-order chi connectivity index (χ1) is 11.6. The van der Waals surface area contributed by atoms with E-state index in [1.165, 1.54) is 0 Å². The van der Waals surface area contributed by atoms with Crippen molar-refractivity contribution in [3.63, 3.8) is 0 Å². The van der Waals surface area contributed by atoms with Crippen LogP contribution in [0.2, 0.25) is 10.0 Å². The van der Waals surface area contributed by atoms with E-state index in [1.807, 2.05) is 34.6 Å². The van der Waals surface area contributed by atoms with Crippen LogP contribution < -0.4 is 10.1 Å². The molecular weight excluding hydrogens is 361 g/mol. The third-order valence-electron chi connectivity index (χ3n) is 3.57. The first kappa shape index (κ1) is 19.6. The monoisotopic (exact) mass is 383 g/mol. The molecule has 5 nitrogen and oxygen atoms in total. The molecule has 0 bridgehead atoms. The van der Waals surface area contributed by atoms with E-state index in [-0.39, 0.29) is 18.1 Å². The predicted molar refractivity (Wildman–Crippen MR) is 101 cm³/mol. The number of benzene rings is 1. The van der Waals surface area contributed by atoms with Crippen molar-refractivity contribution in [1.29, 1.82) is 0 Å². The zero-order valence-corrected chi connectivity index (χ0v) is 16.6. The second-order valence-electron chi connectivity index (χ2n) is 7.18.